The summed E-state index contributed by atoms with van der Waals surface area (Å²) in [5.41, 5.74) is 8.67. The van der Waals surface area contributed by atoms with Crippen molar-refractivity contribution in [2.45, 2.75) is 38.5 Å². The van der Waals surface area contributed by atoms with Crippen LogP contribution < -0.4 is 10.2 Å². The highest BCUT2D eigenvalue weighted by molar-refractivity contribution is 5.85. The van der Waals surface area contributed by atoms with Crippen molar-refractivity contribution in [1.29, 1.82) is 0 Å². The van der Waals surface area contributed by atoms with Crippen molar-refractivity contribution in [2.24, 2.45) is 0 Å². The normalized spacial score (nSPS) is 17.4. The number of fused-ring (bicyclic) bond motifs is 2. The molecule has 2 aromatic rings. The predicted molar refractivity (Wildman–Crippen MR) is 115 cm³/mol. The molecule has 2 aromatic carbocycles. The molecule has 4 nitrogen and oxygen atoms in total. The van der Waals surface area contributed by atoms with Crippen LogP contribution in [-0.4, -0.2) is 26.8 Å². The van der Waals surface area contributed by atoms with Gasteiger partial charge in [0, 0.05) is 31.4 Å². The first-order chi connectivity index (χ1) is 13.5. The summed E-state index contributed by atoms with van der Waals surface area (Å²) in [5.74, 6) is 0.157. The number of hydrogen-bond acceptors (Lipinski definition) is 3. The molecule has 1 amide bonds. The van der Waals surface area contributed by atoms with Crippen LogP contribution in [0.1, 0.15) is 47.9 Å². The first kappa shape index (κ1) is 18.6. The highest BCUT2D eigenvalue weighted by Crippen LogP contribution is 2.39. The number of ether oxygens (including phenoxy) is 1. The molecule has 1 unspecified atom stereocenters. The molecule has 28 heavy (non-hydrogen) atoms. The molecular formula is C24H28N2O2. The number of anilines is 2. The summed E-state index contributed by atoms with van der Waals surface area (Å²) >= 11 is 0. The molecule has 1 N–H and O–H groups in total. The van der Waals surface area contributed by atoms with E-state index in [0.717, 1.165) is 11.4 Å². The van der Waals surface area contributed by atoms with Crippen LogP contribution in [-0.2, 0) is 17.6 Å². The standard InChI is InChI=1S/C24H28N2O2/c1-16-12-19-13-17-6-4-5-7-18(17)14-22(19)23(16)15-28-24(27)25-20-8-10-21(11-9-20)26(2)3/h8-14,23H,4-7,15H2,1-3H3,(H,25,27). The summed E-state index contributed by atoms with van der Waals surface area (Å²) in [4.78, 5) is 14.3. The fourth-order valence-corrected chi connectivity index (χ4v) is 4.22. The van der Waals surface area contributed by atoms with E-state index in [-0.39, 0.29) is 5.92 Å². The van der Waals surface area contributed by atoms with Crippen LogP contribution in [0.4, 0.5) is 16.2 Å². The van der Waals surface area contributed by atoms with Gasteiger partial charge in [0.15, 0.2) is 0 Å². The molecule has 4 heteroatoms. The zero-order valence-electron chi connectivity index (χ0n) is 16.9. The average Bonchev–Trinajstić information content (AvgIpc) is 2.99. The van der Waals surface area contributed by atoms with E-state index in [9.17, 15) is 4.79 Å². The van der Waals surface area contributed by atoms with Gasteiger partial charge in [0.05, 0.1) is 0 Å². The molecule has 0 saturated carbocycles. The summed E-state index contributed by atoms with van der Waals surface area (Å²) in [6.45, 7) is 2.50. The van der Waals surface area contributed by atoms with Crippen LogP contribution in [0, 0.1) is 0 Å². The smallest absolute Gasteiger partial charge is 0.411 e. The quantitative estimate of drug-likeness (QED) is 0.779. The Bertz CT molecular complexity index is 913. The lowest BCUT2D eigenvalue weighted by atomic mass is 9.86. The topological polar surface area (TPSA) is 41.6 Å². The van der Waals surface area contributed by atoms with Gasteiger partial charge in [-0.3, -0.25) is 5.32 Å². The van der Waals surface area contributed by atoms with E-state index in [0.29, 0.717) is 6.61 Å². The third kappa shape index (κ3) is 3.77. The van der Waals surface area contributed by atoms with Gasteiger partial charge in [0.25, 0.3) is 0 Å². The molecule has 0 aliphatic heterocycles. The second-order valence-corrected chi connectivity index (χ2v) is 8.06. The molecule has 146 valence electrons. The number of nitrogens with one attached hydrogen (secondary N) is 1. The van der Waals surface area contributed by atoms with E-state index in [2.05, 4.69) is 30.4 Å². The molecule has 0 aromatic heterocycles. The highest BCUT2D eigenvalue weighted by atomic mass is 16.5. The van der Waals surface area contributed by atoms with E-state index in [1.165, 1.54) is 53.5 Å². The number of rotatable bonds is 4. The Labute approximate surface area is 167 Å². The second kappa shape index (κ2) is 7.70. The molecule has 0 radical (unpaired) electrons. The highest BCUT2D eigenvalue weighted by Gasteiger charge is 2.26. The monoisotopic (exact) mass is 376 g/mol. The zero-order valence-corrected chi connectivity index (χ0v) is 16.9. The molecule has 0 spiro atoms. The number of aryl methyl sites for hydroxylation is 2. The maximum Gasteiger partial charge on any atom is 0.411 e. The van der Waals surface area contributed by atoms with Gasteiger partial charge < -0.3 is 9.64 Å². The molecule has 4 rings (SSSR count). The average molecular weight is 377 g/mol. The van der Waals surface area contributed by atoms with Gasteiger partial charge in [-0.15, -0.1) is 0 Å². The van der Waals surface area contributed by atoms with Crippen molar-refractivity contribution in [2.75, 3.05) is 30.9 Å². The van der Waals surface area contributed by atoms with Crippen molar-refractivity contribution in [3.8, 4) is 0 Å². The van der Waals surface area contributed by atoms with Crippen LogP contribution in [0.3, 0.4) is 0 Å². The Morgan fingerprint density at radius 3 is 2.46 bits per heavy atom. The van der Waals surface area contributed by atoms with Crippen LogP contribution in [0.25, 0.3) is 6.08 Å². The number of benzene rings is 2. The van der Waals surface area contributed by atoms with Gasteiger partial charge in [-0.1, -0.05) is 23.8 Å². The maximum atomic E-state index is 12.3. The molecule has 0 bridgehead atoms. The molecule has 0 saturated heterocycles. The molecule has 2 aliphatic rings. The van der Waals surface area contributed by atoms with Crippen molar-refractivity contribution in [3.63, 3.8) is 0 Å². The Morgan fingerprint density at radius 1 is 1.11 bits per heavy atom. The lowest BCUT2D eigenvalue weighted by Crippen LogP contribution is -2.18. The summed E-state index contributed by atoms with van der Waals surface area (Å²) in [6, 6.07) is 12.4. The minimum Gasteiger partial charge on any atom is -0.448 e. The summed E-state index contributed by atoms with van der Waals surface area (Å²) in [5, 5.41) is 2.82. The summed E-state index contributed by atoms with van der Waals surface area (Å²) in [6.07, 6.45) is 6.75. The summed E-state index contributed by atoms with van der Waals surface area (Å²) < 4.78 is 5.58. The number of nitrogens with zero attached hydrogens (tertiary/aromatic N) is 1. The van der Waals surface area contributed by atoms with Gasteiger partial charge in [0.2, 0.25) is 0 Å². The molecule has 0 heterocycles. The van der Waals surface area contributed by atoms with E-state index in [1.807, 2.05) is 43.3 Å². The van der Waals surface area contributed by atoms with Crippen molar-refractivity contribution < 1.29 is 9.53 Å². The van der Waals surface area contributed by atoms with Gasteiger partial charge in [-0.2, -0.15) is 0 Å². The lowest BCUT2D eigenvalue weighted by Gasteiger charge is -2.20. The first-order valence-electron chi connectivity index (χ1n) is 10.1. The number of hydrogen-bond donors (Lipinski definition) is 1. The number of carbonyl (C=O) groups is 1. The van der Waals surface area contributed by atoms with E-state index in [1.54, 1.807) is 0 Å². The molecule has 2 aliphatic carbocycles. The second-order valence-electron chi connectivity index (χ2n) is 8.06. The van der Waals surface area contributed by atoms with Crippen molar-refractivity contribution in [3.05, 3.63) is 64.2 Å². The third-order valence-electron chi connectivity index (χ3n) is 5.87. The van der Waals surface area contributed by atoms with Crippen molar-refractivity contribution >= 4 is 23.5 Å². The van der Waals surface area contributed by atoms with Crippen LogP contribution in [0.15, 0.2) is 42.0 Å². The Balaban J connectivity index is 1.40. The fraction of sp³-hybridized carbons (Fsp3) is 0.375. The lowest BCUT2D eigenvalue weighted by molar-refractivity contribution is 0.158. The van der Waals surface area contributed by atoms with Crippen LogP contribution in [0.2, 0.25) is 0 Å². The number of carbonyl (C=O) groups excluding carboxylic acids is 1. The SMILES string of the molecule is CC1=Cc2cc3c(cc2C1COC(=O)Nc1ccc(N(C)C)cc1)CCCC3. The third-order valence-corrected chi connectivity index (χ3v) is 5.87. The minimum atomic E-state index is -0.406. The van der Waals surface area contributed by atoms with Gasteiger partial charge in [-0.25, -0.2) is 4.79 Å². The summed E-state index contributed by atoms with van der Waals surface area (Å²) in [7, 11) is 3.98. The van der Waals surface area contributed by atoms with Crippen LogP contribution >= 0.6 is 0 Å². The maximum absolute atomic E-state index is 12.3. The Kier molecular flexibility index (Phi) is 5.12. The van der Waals surface area contributed by atoms with E-state index in [4.69, 9.17) is 4.74 Å². The van der Waals surface area contributed by atoms with Gasteiger partial charge in [-0.05, 0) is 79.1 Å². The van der Waals surface area contributed by atoms with Gasteiger partial charge in [0.1, 0.15) is 6.61 Å². The van der Waals surface area contributed by atoms with Gasteiger partial charge >= 0.3 is 6.09 Å². The molecule has 0 fully saturated rings. The Morgan fingerprint density at radius 2 is 1.79 bits per heavy atom. The van der Waals surface area contributed by atoms with E-state index >= 15 is 0 Å². The number of amides is 1. The minimum absolute atomic E-state index is 0.157. The molecule has 1 atom stereocenters. The predicted octanol–water partition coefficient (Wildman–Crippen LogP) is 5.38. The Hall–Kier alpha value is -2.75. The molecular weight excluding hydrogens is 348 g/mol. The fourth-order valence-electron chi connectivity index (χ4n) is 4.22. The first-order valence-corrected chi connectivity index (χ1v) is 10.1. The zero-order chi connectivity index (χ0) is 19.7. The van der Waals surface area contributed by atoms with Crippen LogP contribution in [0.5, 0.6) is 0 Å². The van der Waals surface area contributed by atoms with Crippen molar-refractivity contribution in [1.82, 2.24) is 0 Å². The largest absolute Gasteiger partial charge is 0.448 e. The van der Waals surface area contributed by atoms with E-state index < -0.39 is 6.09 Å².